The summed E-state index contributed by atoms with van der Waals surface area (Å²) in [5, 5.41) is 17.1. The van der Waals surface area contributed by atoms with Crippen molar-refractivity contribution in [3.05, 3.63) is 47.7 Å². The summed E-state index contributed by atoms with van der Waals surface area (Å²) in [5.74, 6) is -3.86. The maximum absolute atomic E-state index is 11.5. The third-order valence-corrected chi connectivity index (χ3v) is 1.95. The third kappa shape index (κ3) is 3.90. The van der Waals surface area contributed by atoms with E-state index in [0.29, 0.717) is 11.6 Å². The summed E-state index contributed by atoms with van der Waals surface area (Å²) >= 11 is 0. The summed E-state index contributed by atoms with van der Waals surface area (Å²) in [5.41, 5.74) is 0.365. The molecule has 0 aliphatic rings. The van der Waals surface area contributed by atoms with Gasteiger partial charge in [0.05, 0.1) is 6.42 Å². The van der Waals surface area contributed by atoms with Gasteiger partial charge in [-0.25, -0.2) is 4.79 Å². The van der Waals surface area contributed by atoms with E-state index in [-0.39, 0.29) is 0 Å². The second-order valence-corrected chi connectivity index (χ2v) is 3.27. The average Bonchev–Trinajstić information content (AvgIpc) is 2.29. The van der Waals surface area contributed by atoms with Crippen molar-refractivity contribution in [1.82, 2.24) is 0 Å². The highest BCUT2D eigenvalue weighted by Crippen LogP contribution is 2.04. The summed E-state index contributed by atoms with van der Waals surface area (Å²) in [7, 11) is 0. The number of allylic oxidation sites excluding steroid dienone is 1. The number of hydrogen-bond acceptors (Lipinski definition) is 4. The molecule has 1 aromatic carbocycles. The van der Waals surface area contributed by atoms with Crippen molar-refractivity contribution in [2.75, 3.05) is 0 Å². The first kappa shape index (κ1) is 12.6. The standard InChI is InChI=1S/C12H10O5/c13-9(7-11(15)12(16)17)6-10(14)8-4-2-1-3-5-8/h1-5,7,15H,6H2,(H,16,17)/b11-7-. The molecule has 0 fully saturated rings. The van der Waals surface area contributed by atoms with E-state index in [0.717, 1.165) is 0 Å². The van der Waals surface area contributed by atoms with Crippen molar-refractivity contribution in [2.24, 2.45) is 0 Å². The predicted octanol–water partition coefficient (Wildman–Crippen LogP) is 1.36. The summed E-state index contributed by atoms with van der Waals surface area (Å²) in [6.07, 6.45) is 0.0600. The lowest BCUT2D eigenvalue weighted by Crippen LogP contribution is -2.08. The molecule has 2 N–H and O–H groups in total. The first-order chi connectivity index (χ1) is 8.00. The van der Waals surface area contributed by atoms with Gasteiger partial charge in [0.2, 0.25) is 5.76 Å². The Kier molecular flexibility index (Phi) is 4.16. The van der Waals surface area contributed by atoms with Gasteiger partial charge in [0, 0.05) is 11.6 Å². The average molecular weight is 234 g/mol. The minimum atomic E-state index is -1.61. The van der Waals surface area contributed by atoms with Crippen molar-refractivity contribution < 1.29 is 24.6 Å². The molecule has 1 aromatic rings. The van der Waals surface area contributed by atoms with E-state index in [2.05, 4.69) is 0 Å². The molecule has 0 aliphatic heterocycles. The molecular weight excluding hydrogens is 224 g/mol. The molecule has 0 saturated heterocycles. The monoisotopic (exact) mass is 234 g/mol. The van der Waals surface area contributed by atoms with Crippen molar-refractivity contribution in [2.45, 2.75) is 6.42 Å². The Morgan fingerprint density at radius 3 is 2.18 bits per heavy atom. The quantitative estimate of drug-likeness (QED) is 0.347. The van der Waals surface area contributed by atoms with Crippen LogP contribution in [0.5, 0.6) is 0 Å². The van der Waals surface area contributed by atoms with E-state index >= 15 is 0 Å². The first-order valence-corrected chi connectivity index (χ1v) is 4.75. The highest BCUT2D eigenvalue weighted by atomic mass is 16.4. The van der Waals surface area contributed by atoms with Gasteiger partial charge in [-0.3, -0.25) is 9.59 Å². The lowest BCUT2D eigenvalue weighted by atomic mass is 10.1. The Morgan fingerprint density at radius 1 is 1.06 bits per heavy atom. The minimum absolute atomic E-state index is 0.365. The molecule has 0 radical (unpaired) electrons. The van der Waals surface area contributed by atoms with Crippen molar-refractivity contribution in [3.63, 3.8) is 0 Å². The van der Waals surface area contributed by atoms with Crippen LogP contribution in [-0.2, 0) is 9.59 Å². The fraction of sp³-hybridized carbons (Fsp3) is 0.0833. The van der Waals surface area contributed by atoms with E-state index in [1.807, 2.05) is 0 Å². The highest BCUT2D eigenvalue weighted by Gasteiger charge is 2.12. The first-order valence-electron chi connectivity index (χ1n) is 4.75. The van der Waals surface area contributed by atoms with E-state index in [9.17, 15) is 14.4 Å². The molecule has 0 heterocycles. The van der Waals surface area contributed by atoms with Gasteiger partial charge < -0.3 is 10.2 Å². The Hall–Kier alpha value is -2.43. The SMILES string of the molecule is O=C(/C=C(\O)C(=O)O)CC(=O)c1ccccc1. The number of carboxylic acids is 1. The van der Waals surface area contributed by atoms with Gasteiger partial charge in [-0.1, -0.05) is 30.3 Å². The van der Waals surface area contributed by atoms with E-state index in [1.54, 1.807) is 30.3 Å². The molecule has 88 valence electrons. The number of benzene rings is 1. The van der Waals surface area contributed by atoms with Gasteiger partial charge >= 0.3 is 5.97 Å². The molecule has 0 saturated carbocycles. The molecule has 0 amide bonds. The van der Waals surface area contributed by atoms with Gasteiger partial charge in [0.25, 0.3) is 0 Å². The topological polar surface area (TPSA) is 91.7 Å². The Labute approximate surface area is 97.0 Å². The van der Waals surface area contributed by atoms with Gasteiger partial charge in [-0.05, 0) is 0 Å². The maximum Gasteiger partial charge on any atom is 0.371 e. The number of carboxylic acid groups (broad SMARTS) is 1. The summed E-state index contributed by atoms with van der Waals surface area (Å²) < 4.78 is 0. The molecule has 5 nitrogen and oxygen atoms in total. The van der Waals surface area contributed by atoms with Crippen LogP contribution in [0.4, 0.5) is 0 Å². The number of aliphatic hydroxyl groups is 1. The highest BCUT2D eigenvalue weighted by molar-refractivity contribution is 6.12. The maximum atomic E-state index is 11.5. The van der Waals surface area contributed by atoms with Crippen LogP contribution in [0, 0.1) is 0 Å². The zero-order chi connectivity index (χ0) is 12.8. The van der Waals surface area contributed by atoms with Gasteiger partial charge in [-0.15, -0.1) is 0 Å². The Balaban J connectivity index is 2.68. The van der Waals surface area contributed by atoms with Gasteiger partial charge in [0.15, 0.2) is 11.6 Å². The third-order valence-electron chi connectivity index (χ3n) is 1.95. The van der Waals surface area contributed by atoms with Crippen LogP contribution < -0.4 is 0 Å². The largest absolute Gasteiger partial charge is 0.502 e. The Morgan fingerprint density at radius 2 is 1.65 bits per heavy atom. The van der Waals surface area contributed by atoms with Crippen molar-refractivity contribution >= 4 is 17.5 Å². The minimum Gasteiger partial charge on any atom is -0.502 e. The van der Waals surface area contributed by atoms with Gasteiger partial charge in [-0.2, -0.15) is 0 Å². The zero-order valence-corrected chi connectivity index (χ0v) is 8.79. The number of aliphatic carboxylic acids is 1. The number of carbonyl (C=O) groups excluding carboxylic acids is 2. The van der Waals surface area contributed by atoms with Crippen LogP contribution in [-0.4, -0.2) is 27.7 Å². The molecule has 0 aliphatic carbocycles. The molecule has 5 heteroatoms. The molecular formula is C12H10O5. The second kappa shape index (κ2) is 5.60. The summed E-state index contributed by atoms with van der Waals surface area (Å²) in [4.78, 5) is 33.0. The molecule has 17 heavy (non-hydrogen) atoms. The molecule has 0 spiro atoms. The van der Waals surface area contributed by atoms with Crippen LogP contribution in [0.15, 0.2) is 42.2 Å². The van der Waals surface area contributed by atoms with Crippen LogP contribution in [0.2, 0.25) is 0 Å². The van der Waals surface area contributed by atoms with Crippen LogP contribution in [0.3, 0.4) is 0 Å². The molecule has 0 atom stereocenters. The van der Waals surface area contributed by atoms with E-state index < -0.39 is 29.7 Å². The number of aliphatic hydroxyl groups excluding tert-OH is 1. The summed E-state index contributed by atoms with van der Waals surface area (Å²) in [6.45, 7) is 0. The molecule has 0 aromatic heterocycles. The predicted molar refractivity (Wildman–Crippen MR) is 58.7 cm³/mol. The van der Waals surface area contributed by atoms with Crippen LogP contribution >= 0.6 is 0 Å². The van der Waals surface area contributed by atoms with Gasteiger partial charge in [0.1, 0.15) is 0 Å². The van der Waals surface area contributed by atoms with E-state index in [1.165, 1.54) is 0 Å². The lowest BCUT2D eigenvalue weighted by Gasteiger charge is -1.97. The van der Waals surface area contributed by atoms with Crippen LogP contribution in [0.25, 0.3) is 0 Å². The number of Topliss-reactive ketones (excluding diaryl/α,β-unsaturated/α-hetero) is 1. The molecule has 1 rings (SSSR count). The number of ketones is 2. The fourth-order valence-corrected chi connectivity index (χ4v) is 1.15. The normalized spacial score (nSPS) is 10.9. The van der Waals surface area contributed by atoms with Crippen LogP contribution in [0.1, 0.15) is 16.8 Å². The molecule has 0 unspecified atom stereocenters. The van der Waals surface area contributed by atoms with Crippen molar-refractivity contribution in [3.8, 4) is 0 Å². The molecule has 0 bridgehead atoms. The van der Waals surface area contributed by atoms with E-state index in [4.69, 9.17) is 10.2 Å². The number of hydrogen-bond donors (Lipinski definition) is 2. The smallest absolute Gasteiger partial charge is 0.371 e. The zero-order valence-electron chi connectivity index (χ0n) is 8.79. The lowest BCUT2D eigenvalue weighted by molar-refractivity contribution is -0.135. The number of carbonyl (C=O) groups is 3. The number of rotatable bonds is 5. The summed E-state index contributed by atoms with van der Waals surface area (Å²) in [6, 6.07) is 8.14. The second-order valence-electron chi connectivity index (χ2n) is 3.27. The van der Waals surface area contributed by atoms with Crippen molar-refractivity contribution in [1.29, 1.82) is 0 Å². The Bertz CT molecular complexity index is 473. The fourth-order valence-electron chi connectivity index (χ4n) is 1.15.